The van der Waals surface area contributed by atoms with E-state index in [4.69, 9.17) is 17.3 Å². The molecule has 0 aliphatic heterocycles. The minimum Gasteiger partial charge on any atom is -0.324 e. The van der Waals surface area contributed by atoms with Crippen LogP contribution in [-0.4, -0.2) is 4.98 Å². The Balaban J connectivity index is 2.16. The van der Waals surface area contributed by atoms with Crippen molar-refractivity contribution in [2.45, 2.75) is 33.2 Å². The SMILES string of the molecule is Cc1cc(C(N)Cc2nc(C)c(C)s2)ccc1Cl. The van der Waals surface area contributed by atoms with Gasteiger partial charge in [-0.3, -0.25) is 0 Å². The van der Waals surface area contributed by atoms with Crippen LogP contribution in [0.3, 0.4) is 0 Å². The number of hydrogen-bond donors (Lipinski definition) is 1. The van der Waals surface area contributed by atoms with Crippen LogP contribution in [0.4, 0.5) is 0 Å². The summed E-state index contributed by atoms with van der Waals surface area (Å²) in [5, 5.41) is 1.89. The minimum absolute atomic E-state index is 0.0223. The van der Waals surface area contributed by atoms with E-state index >= 15 is 0 Å². The van der Waals surface area contributed by atoms with Gasteiger partial charge in [0.2, 0.25) is 0 Å². The molecule has 1 atom stereocenters. The number of halogens is 1. The molecule has 0 radical (unpaired) electrons. The zero-order valence-corrected chi connectivity index (χ0v) is 12.4. The normalized spacial score (nSPS) is 12.7. The van der Waals surface area contributed by atoms with E-state index in [9.17, 15) is 0 Å². The van der Waals surface area contributed by atoms with Crippen LogP contribution < -0.4 is 5.73 Å². The number of nitrogens with two attached hydrogens (primary N) is 1. The highest BCUT2D eigenvalue weighted by Gasteiger charge is 2.12. The predicted octanol–water partition coefficient (Wildman–Crippen LogP) is 3.96. The Morgan fingerprint density at radius 1 is 1.33 bits per heavy atom. The standard InChI is InChI=1S/C14H17ClN2S/c1-8-6-11(4-5-12(8)15)13(16)7-14-17-9(2)10(3)18-14/h4-6,13H,7,16H2,1-3H3. The monoisotopic (exact) mass is 280 g/mol. The molecular formula is C14H17ClN2S. The molecule has 2 nitrogen and oxygen atoms in total. The number of thiazole rings is 1. The number of benzene rings is 1. The van der Waals surface area contributed by atoms with Gasteiger partial charge in [-0.05, 0) is 38.0 Å². The first-order chi connectivity index (χ1) is 8.47. The minimum atomic E-state index is -0.0223. The second-order valence-corrected chi connectivity index (χ2v) is 6.26. The van der Waals surface area contributed by atoms with Crippen LogP contribution in [0.5, 0.6) is 0 Å². The van der Waals surface area contributed by atoms with Crippen molar-refractivity contribution in [2.75, 3.05) is 0 Å². The molecule has 0 fully saturated rings. The van der Waals surface area contributed by atoms with Crippen LogP contribution in [0.1, 0.15) is 32.7 Å². The van der Waals surface area contributed by atoms with Gasteiger partial charge in [-0.2, -0.15) is 0 Å². The molecule has 0 bridgehead atoms. The maximum absolute atomic E-state index is 6.23. The van der Waals surface area contributed by atoms with E-state index in [2.05, 4.69) is 18.0 Å². The Hall–Kier alpha value is -0.900. The Labute approximate surface area is 117 Å². The van der Waals surface area contributed by atoms with Crippen LogP contribution >= 0.6 is 22.9 Å². The van der Waals surface area contributed by atoms with Crippen LogP contribution in [0.25, 0.3) is 0 Å². The lowest BCUT2D eigenvalue weighted by atomic mass is 10.0. The number of aromatic nitrogens is 1. The Kier molecular flexibility index (Phi) is 4.05. The molecule has 0 spiro atoms. The lowest BCUT2D eigenvalue weighted by molar-refractivity contribution is 0.716. The van der Waals surface area contributed by atoms with E-state index < -0.39 is 0 Å². The van der Waals surface area contributed by atoms with Crippen molar-refractivity contribution in [3.8, 4) is 0 Å². The summed E-state index contributed by atoms with van der Waals surface area (Å²) in [5.41, 5.74) is 9.51. The first kappa shape index (κ1) is 13.5. The van der Waals surface area contributed by atoms with Gasteiger partial charge >= 0.3 is 0 Å². The molecular weight excluding hydrogens is 264 g/mol. The van der Waals surface area contributed by atoms with E-state index in [0.717, 1.165) is 33.3 Å². The van der Waals surface area contributed by atoms with Gasteiger partial charge in [0.05, 0.1) is 10.7 Å². The molecule has 2 aromatic rings. The Bertz CT molecular complexity index is 543. The van der Waals surface area contributed by atoms with Crippen molar-refractivity contribution < 1.29 is 0 Å². The van der Waals surface area contributed by atoms with E-state index in [1.54, 1.807) is 11.3 Å². The van der Waals surface area contributed by atoms with Crippen molar-refractivity contribution >= 4 is 22.9 Å². The summed E-state index contributed by atoms with van der Waals surface area (Å²) in [6, 6.07) is 5.93. The highest BCUT2D eigenvalue weighted by atomic mass is 35.5. The summed E-state index contributed by atoms with van der Waals surface area (Å²) in [4.78, 5) is 5.80. The molecule has 2 N–H and O–H groups in total. The maximum Gasteiger partial charge on any atom is 0.0949 e. The number of hydrogen-bond acceptors (Lipinski definition) is 3. The lowest BCUT2D eigenvalue weighted by Gasteiger charge is -2.11. The maximum atomic E-state index is 6.23. The second-order valence-electron chi connectivity index (χ2n) is 4.57. The number of nitrogens with zero attached hydrogens (tertiary/aromatic N) is 1. The largest absolute Gasteiger partial charge is 0.324 e. The third-order valence-corrected chi connectivity index (χ3v) is 4.60. The van der Waals surface area contributed by atoms with Gasteiger partial charge in [0.1, 0.15) is 0 Å². The molecule has 18 heavy (non-hydrogen) atoms. The average molecular weight is 281 g/mol. The molecule has 1 aromatic carbocycles. The Morgan fingerprint density at radius 3 is 2.61 bits per heavy atom. The Morgan fingerprint density at radius 2 is 2.06 bits per heavy atom. The van der Waals surface area contributed by atoms with Crippen LogP contribution in [0.15, 0.2) is 18.2 Å². The van der Waals surface area contributed by atoms with Gasteiger partial charge in [0, 0.05) is 22.4 Å². The van der Waals surface area contributed by atoms with Crippen molar-refractivity contribution in [3.05, 3.63) is 49.9 Å². The van der Waals surface area contributed by atoms with Gasteiger partial charge in [0.15, 0.2) is 0 Å². The fourth-order valence-corrected chi connectivity index (χ4v) is 2.94. The average Bonchev–Trinajstić information content (AvgIpc) is 2.61. The number of aryl methyl sites for hydroxylation is 3. The summed E-state index contributed by atoms with van der Waals surface area (Å²) < 4.78 is 0. The summed E-state index contributed by atoms with van der Waals surface area (Å²) in [6.07, 6.45) is 0.778. The zero-order valence-electron chi connectivity index (χ0n) is 10.8. The van der Waals surface area contributed by atoms with Crippen LogP contribution in [0, 0.1) is 20.8 Å². The van der Waals surface area contributed by atoms with Gasteiger partial charge in [-0.15, -0.1) is 11.3 Å². The highest BCUT2D eigenvalue weighted by Crippen LogP contribution is 2.24. The van der Waals surface area contributed by atoms with Gasteiger partial charge < -0.3 is 5.73 Å². The fourth-order valence-electron chi connectivity index (χ4n) is 1.83. The first-order valence-corrected chi connectivity index (χ1v) is 7.11. The molecule has 96 valence electrons. The molecule has 4 heteroatoms. The van der Waals surface area contributed by atoms with Crippen molar-refractivity contribution in [2.24, 2.45) is 5.73 Å². The predicted molar refractivity (Wildman–Crippen MR) is 78.4 cm³/mol. The van der Waals surface area contributed by atoms with E-state index in [1.807, 2.05) is 26.0 Å². The summed E-state index contributed by atoms with van der Waals surface area (Å²) in [5.74, 6) is 0. The quantitative estimate of drug-likeness (QED) is 0.924. The van der Waals surface area contributed by atoms with Crippen LogP contribution in [-0.2, 0) is 6.42 Å². The third-order valence-electron chi connectivity index (χ3n) is 3.08. The van der Waals surface area contributed by atoms with Gasteiger partial charge in [-0.25, -0.2) is 4.98 Å². The summed E-state index contributed by atoms with van der Waals surface area (Å²) >= 11 is 7.75. The van der Waals surface area contributed by atoms with Gasteiger partial charge in [-0.1, -0.05) is 23.7 Å². The van der Waals surface area contributed by atoms with E-state index in [0.29, 0.717) is 0 Å². The second kappa shape index (κ2) is 5.39. The molecule has 0 aliphatic carbocycles. The van der Waals surface area contributed by atoms with Crippen molar-refractivity contribution in [1.82, 2.24) is 4.98 Å². The molecule has 2 rings (SSSR count). The zero-order chi connectivity index (χ0) is 13.3. The summed E-state index contributed by atoms with van der Waals surface area (Å²) in [7, 11) is 0. The smallest absolute Gasteiger partial charge is 0.0949 e. The topological polar surface area (TPSA) is 38.9 Å². The molecule has 0 saturated carbocycles. The molecule has 1 unspecified atom stereocenters. The fraction of sp³-hybridized carbons (Fsp3) is 0.357. The molecule has 0 aliphatic rings. The molecule has 0 amide bonds. The van der Waals surface area contributed by atoms with E-state index in [-0.39, 0.29) is 6.04 Å². The number of rotatable bonds is 3. The van der Waals surface area contributed by atoms with Crippen molar-refractivity contribution in [3.63, 3.8) is 0 Å². The summed E-state index contributed by atoms with van der Waals surface area (Å²) in [6.45, 7) is 6.12. The first-order valence-electron chi connectivity index (χ1n) is 5.92. The van der Waals surface area contributed by atoms with E-state index in [1.165, 1.54) is 4.88 Å². The third kappa shape index (κ3) is 2.91. The van der Waals surface area contributed by atoms with Gasteiger partial charge in [0.25, 0.3) is 0 Å². The molecule has 0 saturated heterocycles. The molecule has 1 heterocycles. The lowest BCUT2D eigenvalue weighted by Crippen LogP contribution is -2.13. The highest BCUT2D eigenvalue weighted by molar-refractivity contribution is 7.11. The molecule has 1 aromatic heterocycles. The van der Waals surface area contributed by atoms with Crippen molar-refractivity contribution in [1.29, 1.82) is 0 Å². The van der Waals surface area contributed by atoms with Crippen LogP contribution in [0.2, 0.25) is 5.02 Å².